The van der Waals surface area contributed by atoms with E-state index in [1.165, 1.54) is 19.3 Å². The Kier molecular flexibility index (Phi) is 8.90. The Balaban J connectivity index is 2.51. The highest BCUT2D eigenvalue weighted by atomic mass is 16.5. The van der Waals surface area contributed by atoms with Crippen molar-refractivity contribution in [2.45, 2.75) is 38.7 Å². The number of nitrogens with one attached hydrogen (secondary N) is 1. The van der Waals surface area contributed by atoms with E-state index in [1.807, 2.05) is 0 Å². The first-order valence-corrected chi connectivity index (χ1v) is 8.05. The third-order valence-corrected chi connectivity index (χ3v) is 3.53. The SMILES string of the molecule is CCCCCCNC(N)=NCC(O)c1cc(OC)cc(OC)c1. The minimum atomic E-state index is -0.764. The Morgan fingerprint density at radius 2 is 1.83 bits per heavy atom. The predicted octanol–water partition coefficient (Wildman–Crippen LogP) is 2.22. The lowest BCUT2D eigenvalue weighted by Gasteiger charge is -2.13. The van der Waals surface area contributed by atoms with E-state index in [2.05, 4.69) is 17.2 Å². The number of aliphatic hydroxyl groups excluding tert-OH is 1. The molecule has 0 spiro atoms. The molecule has 0 aliphatic heterocycles. The number of unbranched alkanes of at least 4 members (excludes halogenated alkanes) is 3. The van der Waals surface area contributed by atoms with Gasteiger partial charge in [0.1, 0.15) is 11.5 Å². The standard InChI is InChI=1S/C17H29N3O3/c1-4-5-6-7-8-19-17(18)20-12-16(21)13-9-14(22-2)11-15(10-13)23-3/h9-11,16,21H,4-8,12H2,1-3H3,(H3,18,19,20). The van der Waals surface area contributed by atoms with E-state index in [-0.39, 0.29) is 6.54 Å². The summed E-state index contributed by atoms with van der Waals surface area (Å²) in [5.74, 6) is 1.62. The normalized spacial score (nSPS) is 12.8. The van der Waals surface area contributed by atoms with Gasteiger partial charge in [-0.15, -0.1) is 0 Å². The molecule has 23 heavy (non-hydrogen) atoms. The fraction of sp³-hybridized carbons (Fsp3) is 0.588. The van der Waals surface area contributed by atoms with Gasteiger partial charge >= 0.3 is 0 Å². The fourth-order valence-electron chi connectivity index (χ4n) is 2.14. The molecule has 0 saturated heterocycles. The quantitative estimate of drug-likeness (QED) is 0.349. The van der Waals surface area contributed by atoms with Gasteiger partial charge in [-0.3, -0.25) is 4.99 Å². The largest absolute Gasteiger partial charge is 0.497 e. The summed E-state index contributed by atoms with van der Waals surface area (Å²) in [6, 6.07) is 5.28. The molecule has 1 unspecified atom stereocenters. The van der Waals surface area contributed by atoms with E-state index in [0.29, 0.717) is 23.0 Å². The van der Waals surface area contributed by atoms with E-state index in [4.69, 9.17) is 15.2 Å². The van der Waals surface area contributed by atoms with Crippen LogP contribution in [0.3, 0.4) is 0 Å². The van der Waals surface area contributed by atoms with Crippen molar-refractivity contribution in [1.82, 2.24) is 5.32 Å². The summed E-state index contributed by atoms with van der Waals surface area (Å²) < 4.78 is 10.4. The van der Waals surface area contributed by atoms with Gasteiger partial charge in [-0.2, -0.15) is 0 Å². The molecule has 0 aliphatic rings. The van der Waals surface area contributed by atoms with Crippen molar-refractivity contribution in [1.29, 1.82) is 0 Å². The van der Waals surface area contributed by atoms with E-state index >= 15 is 0 Å². The first-order valence-electron chi connectivity index (χ1n) is 8.05. The molecule has 0 aromatic heterocycles. The summed E-state index contributed by atoms with van der Waals surface area (Å²) in [7, 11) is 3.15. The highest BCUT2D eigenvalue weighted by Gasteiger charge is 2.11. The second-order valence-corrected chi connectivity index (χ2v) is 5.38. The van der Waals surface area contributed by atoms with E-state index in [0.717, 1.165) is 13.0 Å². The summed E-state index contributed by atoms with van der Waals surface area (Å²) >= 11 is 0. The Morgan fingerprint density at radius 3 is 2.39 bits per heavy atom. The lowest BCUT2D eigenvalue weighted by atomic mass is 10.1. The summed E-state index contributed by atoms with van der Waals surface area (Å²) in [5.41, 5.74) is 6.49. The molecule has 0 heterocycles. The van der Waals surface area contributed by atoms with Crippen molar-refractivity contribution in [3.8, 4) is 11.5 Å². The van der Waals surface area contributed by atoms with Crippen LogP contribution in [0, 0.1) is 0 Å². The number of methoxy groups -OCH3 is 2. The first kappa shape index (κ1) is 19.1. The Labute approximate surface area is 138 Å². The van der Waals surface area contributed by atoms with Crippen molar-refractivity contribution in [3.63, 3.8) is 0 Å². The zero-order valence-electron chi connectivity index (χ0n) is 14.3. The van der Waals surface area contributed by atoms with Crippen LogP contribution in [0.4, 0.5) is 0 Å². The van der Waals surface area contributed by atoms with Crippen molar-refractivity contribution in [3.05, 3.63) is 23.8 Å². The monoisotopic (exact) mass is 323 g/mol. The van der Waals surface area contributed by atoms with Gasteiger partial charge < -0.3 is 25.6 Å². The van der Waals surface area contributed by atoms with Crippen LogP contribution >= 0.6 is 0 Å². The fourth-order valence-corrected chi connectivity index (χ4v) is 2.14. The van der Waals surface area contributed by atoms with Crippen molar-refractivity contribution < 1.29 is 14.6 Å². The minimum absolute atomic E-state index is 0.185. The van der Waals surface area contributed by atoms with Gasteiger partial charge in [0.2, 0.25) is 0 Å². The maximum absolute atomic E-state index is 10.2. The number of nitrogens with two attached hydrogens (primary N) is 1. The van der Waals surface area contributed by atoms with Crippen LogP contribution in [0.5, 0.6) is 11.5 Å². The number of hydrogen-bond acceptors (Lipinski definition) is 4. The topological polar surface area (TPSA) is 89.1 Å². The highest BCUT2D eigenvalue weighted by molar-refractivity contribution is 5.77. The van der Waals surface area contributed by atoms with Crippen LogP contribution in [0.1, 0.15) is 44.3 Å². The Bertz CT molecular complexity index is 470. The first-order chi connectivity index (χ1) is 11.1. The molecule has 1 aromatic carbocycles. The molecule has 0 amide bonds. The van der Waals surface area contributed by atoms with Gasteiger partial charge in [0.25, 0.3) is 0 Å². The van der Waals surface area contributed by atoms with Crippen LogP contribution in [-0.4, -0.2) is 38.4 Å². The lowest BCUT2D eigenvalue weighted by Crippen LogP contribution is -2.32. The van der Waals surface area contributed by atoms with Gasteiger partial charge in [-0.25, -0.2) is 0 Å². The second-order valence-electron chi connectivity index (χ2n) is 5.38. The van der Waals surface area contributed by atoms with Gasteiger partial charge in [0.05, 0.1) is 26.9 Å². The van der Waals surface area contributed by atoms with Crippen LogP contribution < -0.4 is 20.5 Å². The maximum atomic E-state index is 10.2. The number of aliphatic hydroxyl groups is 1. The van der Waals surface area contributed by atoms with Gasteiger partial charge in [0, 0.05) is 12.6 Å². The van der Waals surface area contributed by atoms with Crippen molar-refractivity contribution >= 4 is 5.96 Å². The number of nitrogens with zero attached hydrogens (tertiary/aromatic N) is 1. The van der Waals surface area contributed by atoms with E-state index in [9.17, 15) is 5.11 Å². The molecule has 0 saturated carbocycles. The molecule has 0 aliphatic carbocycles. The average molecular weight is 323 g/mol. The van der Waals surface area contributed by atoms with Crippen LogP contribution in [-0.2, 0) is 0 Å². The number of rotatable bonds is 10. The van der Waals surface area contributed by atoms with Crippen LogP contribution in [0.25, 0.3) is 0 Å². The van der Waals surface area contributed by atoms with E-state index in [1.54, 1.807) is 32.4 Å². The Morgan fingerprint density at radius 1 is 1.17 bits per heavy atom. The van der Waals surface area contributed by atoms with Gasteiger partial charge in [-0.1, -0.05) is 26.2 Å². The molecule has 1 aromatic rings. The molecular formula is C17H29N3O3. The summed E-state index contributed by atoms with van der Waals surface area (Å²) in [6.07, 6.45) is 3.93. The van der Waals surface area contributed by atoms with Gasteiger partial charge in [0.15, 0.2) is 5.96 Å². The predicted molar refractivity (Wildman–Crippen MR) is 93.1 cm³/mol. The lowest BCUT2D eigenvalue weighted by molar-refractivity contribution is 0.186. The molecule has 130 valence electrons. The summed E-state index contributed by atoms with van der Waals surface area (Å²) in [6.45, 7) is 3.17. The molecule has 0 bridgehead atoms. The second kappa shape index (κ2) is 10.7. The van der Waals surface area contributed by atoms with Crippen molar-refractivity contribution in [2.75, 3.05) is 27.3 Å². The number of hydrogen-bond donors (Lipinski definition) is 3. The molecule has 0 fully saturated rings. The summed E-state index contributed by atoms with van der Waals surface area (Å²) in [5, 5.41) is 13.3. The molecule has 1 atom stereocenters. The van der Waals surface area contributed by atoms with Gasteiger partial charge in [-0.05, 0) is 24.1 Å². The zero-order chi connectivity index (χ0) is 17.1. The molecule has 1 rings (SSSR count). The molecule has 6 heteroatoms. The molecule has 6 nitrogen and oxygen atoms in total. The number of benzene rings is 1. The minimum Gasteiger partial charge on any atom is -0.497 e. The van der Waals surface area contributed by atoms with Crippen molar-refractivity contribution in [2.24, 2.45) is 10.7 Å². The third kappa shape index (κ3) is 7.23. The molecule has 4 N–H and O–H groups in total. The zero-order valence-corrected chi connectivity index (χ0v) is 14.3. The van der Waals surface area contributed by atoms with Crippen LogP contribution in [0.15, 0.2) is 23.2 Å². The molecule has 0 radical (unpaired) electrons. The number of guanidine groups is 1. The Hall–Kier alpha value is -1.95. The molecular weight excluding hydrogens is 294 g/mol. The maximum Gasteiger partial charge on any atom is 0.188 e. The highest BCUT2D eigenvalue weighted by Crippen LogP contribution is 2.26. The number of ether oxygens (including phenoxy) is 2. The smallest absolute Gasteiger partial charge is 0.188 e. The number of aliphatic imine (C=N–C) groups is 1. The van der Waals surface area contributed by atoms with Crippen LogP contribution in [0.2, 0.25) is 0 Å². The summed E-state index contributed by atoms with van der Waals surface area (Å²) in [4.78, 5) is 4.18. The average Bonchev–Trinajstić information content (AvgIpc) is 2.58. The third-order valence-electron chi connectivity index (χ3n) is 3.53. The van der Waals surface area contributed by atoms with E-state index < -0.39 is 6.10 Å².